The number of nitrogens with one attached hydrogen (secondary N) is 1. The van der Waals surface area contributed by atoms with E-state index in [9.17, 15) is 0 Å². The maximum atomic E-state index is 4.34. The fraction of sp³-hybridized carbons (Fsp3) is 0.583. The van der Waals surface area contributed by atoms with Crippen LogP contribution in [0.15, 0.2) is 18.3 Å². The van der Waals surface area contributed by atoms with E-state index in [4.69, 9.17) is 0 Å². The molecule has 2 heterocycles. The largest absolute Gasteiger partial charge is 0.369 e. The maximum Gasteiger partial charge on any atom is 0.0553 e. The van der Waals surface area contributed by atoms with Gasteiger partial charge in [-0.2, -0.15) is 0 Å². The van der Waals surface area contributed by atoms with Crippen molar-refractivity contribution in [1.82, 2.24) is 10.3 Å². The van der Waals surface area contributed by atoms with Crippen molar-refractivity contribution in [3.05, 3.63) is 24.0 Å². The zero-order valence-corrected chi connectivity index (χ0v) is 9.53. The van der Waals surface area contributed by atoms with Crippen LogP contribution in [0.3, 0.4) is 0 Å². The van der Waals surface area contributed by atoms with Crippen LogP contribution >= 0.6 is 0 Å². The lowest BCUT2D eigenvalue weighted by atomic mass is 10.1. The molecule has 2 rings (SSSR count). The molecule has 0 amide bonds. The van der Waals surface area contributed by atoms with E-state index in [2.05, 4.69) is 27.3 Å². The highest BCUT2D eigenvalue weighted by molar-refractivity contribution is 5.45. The topological polar surface area (TPSA) is 28.2 Å². The van der Waals surface area contributed by atoms with Crippen LogP contribution in [0.25, 0.3) is 0 Å². The van der Waals surface area contributed by atoms with Crippen molar-refractivity contribution in [3.63, 3.8) is 0 Å². The quantitative estimate of drug-likeness (QED) is 0.794. The van der Waals surface area contributed by atoms with Gasteiger partial charge in [0.1, 0.15) is 0 Å². The fourth-order valence-electron chi connectivity index (χ4n) is 2.09. The van der Waals surface area contributed by atoms with E-state index in [0.29, 0.717) is 6.04 Å². The van der Waals surface area contributed by atoms with E-state index in [-0.39, 0.29) is 0 Å². The van der Waals surface area contributed by atoms with Crippen LogP contribution in [-0.4, -0.2) is 31.2 Å². The summed E-state index contributed by atoms with van der Waals surface area (Å²) in [6.07, 6.45) is 4.53. The molecule has 82 valence electrons. The van der Waals surface area contributed by atoms with Crippen LogP contribution in [0.5, 0.6) is 0 Å². The fourth-order valence-corrected chi connectivity index (χ4v) is 2.09. The van der Waals surface area contributed by atoms with Crippen LogP contribution in [0.2, 0.25) is 0 Å². The number of aryl methyl sites for hydroxylation is 1. The molecule has 0 bridgehead atoms. The van der Waals surface area contributed by atoms with Gasteiger partial charge in [0, 0.05) is 24.8 Å². The lowest BCUT2D eigenvalue weighted by Crippen LogP contribution is -2.44. The molecule has 1 fully saturated rings. The average molecular weight is 205 g/mol. The van der Waals surface area contributed by atoms with Gasteiger partial charge >= 0.3 is 0 Å². The van der Waals surface area contributed by atoms with Gasteiger partial charge in [0.2, 0.25) is 0 Å². The molecule has 1 aliphatic rings. The summed E-state index contributed by atoms with van der Waals surface area (Å²) >= 11 is 0. The summed E-state index contributed by atoms with van der Waals surface area (Å²) in [4.78, 5) is 6.76. The van der Waals surface area contributed by atoms with Crippen molar-refractivity contribution in [2.75, 3.05) is 25.0 Å². The number of pyridine rings is 1. The molecule has 0 aromatic carbocycles. The van der Waals surface area contributed by atoms with Gasteiger partial charge in [-0.3, -0.25) is 4.98 Å². The maximum absolute atomic E-state index is 4.34. The lowest BCUT2D eigenvalue weighted by Gasteiger charge is -2.34. The van der Waals surface area contributed by atoms with Crippen molar-refractivity contribution in [3.8, 4) is 0 Å². The lowest BCUT2D eigenvalue weighted by molar-refractivity contribution is 0.449. The molecule has 0 aliphatic carbocycles. The summed E-state index contributed by atoms with van der Waals surface area (Å²) in [6, 6.07) is 4.87. The number of rotatable bonds is 2. The number of hydrogen-bond donors (Lipinski definition) is 1. The number of aromatic nitrogens is 1. The molecule has 1 atom stereocenters. The van der Waals surface area contributed by atoms with E-state index < -0.39 is 0 Å². The first-order valence-electron chi connectivity index (χ1n) is 5.64. The average Bonchev–Trinajstić information content (AvgIpc) is 2.30. The third kappa shape index (κ3) is 2.48. The standard InChI is InChI=1S/C12H19N3/c1-10-5-6-12(8-14-10)15-7-3-4-11(9-15)13-2/h5-6,8,11,13H,3-4,7,9H2,1-2H3/t11-/m1/s1. The Morgan fingerprint density at radius 1 is 1.47 bits per heavy atom. The van der Waals surface area contributed by atoms with Gasteiger partial charge in [0.25, 0.3) is 0 Å². The van der Waals surface area contributed by atoms with Crippen molar-refractivity contribution < 1.29 is 0 Å². The van der Waals surface area contributed by atoms with E-state index in [0.717, 1.165) is 18.8 Å². The minimum absolute atomic E-state index is 0.625. The van der Waals surface area contributed by atoms with Gasteiger partial charge in [0.05, 0.1) is 11.9 Å². The first-order chi connectivity index (χ1) is 7.29. The molecule has 0 unspecified atom stereocenters. The molecule has 0 spiro atoms. The minimum Gasteiger partial charge on any atom is -0.369 e. The van der Waals surface area contributed by atoms with E-state index >= 15 is 0 Å². The number of anilines is 1. The Bertz CT molecular complexity index is 307. The molecule has 0 radical (unpaired) electrons. The van der Waals surface area contributed by atoms with Crippen LogP contribution in [-0.2, 0) is 0 Å². The Morgan fingerprint density at radius 3 is 3.00 bits per heavy atom. The Balaban J connectivity index is 2.06. The highest BCUT2D eigenvalue weighted by atomic mass is 15.2. The summed E-state index contributed by atoms with van der Waals surface area (Å²) in [5.41, 5.74) is 2.33. The van der Waals surface area contributed by atoms with Gasteiger partial charge in [-0.05, 0) is 38.9 Å². The van der Waals surface area contributed by atoms with Crippen LogP contribution < -0.4 is 10.2 Å². The van der Waals surface area contributed by atoms with Crippen molar-refractivity contribution in [2.45, 2.75) is 25.8 Å². The van der Waals surface area contributed by atoms with E-state index in [1.807, 2.05) is 20.2 Å². The molecule has 1 N–H and O–H groups in total. The number of hydrogen-bond acceptors (Lipinski definition) is 3. The van der Waals surface area contributed by atoms with Gasteiger partial charge in [0.15, 0.2) is 0 Å². The second-order valence-electron chi connectivity index (χ2n) is 4.23. The predicted octanol–water partition coefficient (Wildman–Crippen LogP) is 1.58. The molecule has 1 saturated heterocycles. The minimum atomic E-state index is 0.625. The summed E-state index contributed by atoms with van der Waals surface area (Å²) in [5, 5.41) is 3.35. The molecule has 15 heavy (non-hydrogen) atoms. The summed E-state index contributed by atoms with van der Waals surface area (Å²) < 4.78 is 0. The monoisotopic (exact) mass is 205 g/mol. The first-order valence-corrected chi connectivity index (χ1v) is 5.64. The first kappa shape index (κ1) is 10.4. The zero-order valence-electron chi connectivity index (χ0n) is 9.53. The van der Waals surface area contributed by atoms with Crippen LogP contribution in [0, 0.1) is 6.92 Å². The van der Waals surface area contributed by atoms with Crippen molar-refractivity contribution in [2.24, 2.45) is 0 Å². The van der Waals surface area contributed by atoms with E-state index in [1.54, 1.807) is 0 Å². The second kappa shape index (κ2) is 4.62. The molecular formula is C12H19N3. The van der Waals surface area contributed by atoms with Crippen LogP contribution in [0.1, 0.15) is 18.5 Å². The molecule has 3 nitrogen and oxygen atoms in total. The molecular weight excluding hydrogens is 186 g/mol. The zero-order chi connectivity index (χ0) is 10.7. The molecule has 3 heteroatoms. The summed E-state index contributed by atoms with van der Waals surface area (Å²) in [6.45, 7) is 4.28. The summed E-state index contributed by atoms with van der Waals surface area (Å²) in [5.74, 6) is 0. The normalized spacial score (nSPS) is 21.7. The second-order valence-corrected chi connectivity index (χ2v) is 4.23. The van der Waals surface area contributed by atoms with Crippen molar-refractivity contribution >= 4 is 5.69 Å². The third-order valence-corrected chi connectivity index (χ3v) is 3.09. The number of piperidine rings is 1. The molecule has 0 saturated carbocycles. The highest BCUT2D eigenvalue weighted by Gasteiger charge is 2.18. The molecule has 1 aromatic rings. The van der Waals surface area contributed by atoms with Gasteiger partial charge in [-0.1, -0.05) is 0 Å². The number of nitrogens with zero attached hydrogens (tertiary/aromatic N) is 2. The highest BCUT2D eigenvalue weighted by Crippen LogP contribution is 2.18. The van der Waals surface area contributed by atoms with Gasteiger partial charge < -0.3 is 10.2 Å². The van der Waals surface area contributed by atoms with E-state index in [1.165, 1.54) is 18.5 Å². The Kier molecular flexibility index (Phi) is 3.21. The van der Waals surface area contributed by atoms with Crippen molar-refractivity contribution in [1.29, 1.82) is 0 Å². The molecule has 1 aromatic heterocycles. The Hall–Kier alpha value is -1.09. The Labute approximate surface area is 91.5 Å². The molecule has 1 aliphatic heterocycles. The number of likely N-dealkylation sites (N-methyl/N-ethyl adjacent to an activating group) is 1. The van der Waals surface area contributed by atoms with Gasteiger partial charge in [-0.15, -0.1) is 0 Å². The summed E-state index contributed by atoms with van der Waals surface area (Å²) in [7, 11) is 2.04. The van der Waals surface area contributed by atoms with Crippen LogP contribution in [0.4, 0.5) is 5.69 Å². The van der Waals surface area contributed by atoms with Gasteiger partial charge in [-0.25, -0.2) is 0 Å². The third-order valence-electron chi connectivity index (χ3n) is 3.09. The SMILES string of the molecule is CN[C@@H]1CCCN(c2ccc(C)nc2)C1. The predicted molar refractivity (Wildman–Crippen MR) is 63.3 cm³/mol. The smallest absolute Gasteiger partial charge is 0.0553 e. The Morgan fingerprint density at radius 2 is 2.33 bits per heavy atom.